The number of nitrogens with zero attached hydrogens (tertiary/aromatic N) is 1. The van der Waals surface area contributed by atoms with E-state index in [2.05, 4.69) is 5.16 Å². The van der Waals surface area contributed by atoms with Crippen LogP contribution >= 0.6 is 0 Å². The van der Waals surface area contributed by atoms with Gasteiger partial charge in [0.2, 0.25) is 0 Å². The van der Waals surface area contributed by atoms with E-state index in [9.17, 15) is 0 Å². The number of benzene rings is 1. The molecule has 0 unspecified atom stereocenters. The van der Waals surface area contributed by atoms with Crippen molar-refractivity contribution in [2.45, 2.75) is 0 Å². The molecule has 3 heteroatoms. The summed E-state index contributed by atoms with van der Waals surface area (Å²) in [7, 11) is 0. The van der Waals surface area contributed by atoms with Gasteiger partial charge in [0, 0.05) is 0 Å². The van der Waals surface area contributed by atoms with Crippen LogP contribution in [0, 0.1) is 0 Å². The predicted molar refractivity (Wildman–Crippen MR) is 43.0 cm³/mol. The molecule has 2 nitrogen and oxygen atoms in total. The Kier molecular flexibility index (Phi) is 5.30. The van der Waals surface area contributed by atoms with Crippen molar-refractivity contribution in [2.24, 2.45) is 5.16 Å². The van der Waals surface area contributed by atoms with Gasteiger partial charge >= 0.3 is 29.6 Å². The molecule has 10 heavy (non-hydrogen) atoms. The van der Waals surface area contributed by atoms with Crippen LogP contribution in [0.25, 0.3) is 0 Å². The van der Waals surface area contributed by atoms with Crippen LogP contribution in [0.5, 0.6) is 0 Å². The molecule has 1 aromatic rings. The summed E-state index contributed by atoms with van der Waals surface area (Å²) >= 11 is 0. The predicted octanol–water partition coefficient (Wildman–Crippen LogP) is 0.846. The van der Waals surface area contributed by atoms with Crippen molar-refractivity contribution >= 4 is 35.8 Å². The van der Waals surface area contributed by atoms with Crippen LogP contribution in [0.4, 0.5) is 0 Å². The van der Waals surface area contributed by atoms with Gasteiger partial charge in [-0.15, -0.1) is 0 Å². The van der Waals surface area contributed by atoms with Crippen LogP contribution in [-0.2, 0) is 0 Å². The molecule has 0 radical (unpaired) electrons. The molecule has 0 atom stereocenters. The Morgan fingerprint density at radius 3 is 2.30 bits per heavy atom. The quantitative estimate of drug-likeness (QED) is 0.270. The third-order valence-corrected chi connectivity index (χ3v) is 1.01. The van der Waals surface area contributed by atoms with E-state index in [1.165, 1.54) is 6.21 Å². The van der Waals surface area contributed by atoms with Crippen LogP contribution in [0.3, 0.4) is 0 Å². The van der Waals surface area contributed by atoms with Crippen molar-refractivity contribution in [2.75, 3.05) is 0 Å². The van der Waals surface area contributed by atoms with Crippen molar-refractivity contribution in [3.8, 4) is 0 Å². The molecular formula is C7H8NNaO. The topological polar surface area (TPSA) is 32.6 Å². The first-order chi connectivity index (χ1) is 4.43. The average molecular weight is 145 g/mol. The fraction of sp³-hybridized carbons (Fsp3) is 0. The van der Waals surface area contributed by atoms with Gasteiger partial charge < -0.3 is 5.21 Å². The minimum absolute atomic E-state index is 0. The van der Waals surface area contributed by atoms with Gasteiger partial charge in [-0.05, 0) is 5.56 Å². The molecule has 0 aliphatic heterocycles. The first kappa shape index (κ1) is 9.69. The number of hydrogen-bond acceptors (Lipinski definition) is 2. The van der Waals surface area contributed by atoms with E-state index in [0.29, 0.717) is 0 Å². The molecule has 0 saturated carbocycles. The molecule has 1 aromatic carbocycles. The maximum absolute atomic E-state index is 8.09. The van der Waals surface area contributed by atoms with Gasteiger partial charge in [-0.3, -0.25) is 0 Å². The Labute approximate surface area is 81.9 Å². The summed E-state index contributed by atoms with van der Waals surface area (Å²) in [5.41, 5.74) is 0.903. The van der Waals surface area contributed by atoms with E-state index >= 15 is 0 Å². The van der Waals surface area contributed by atoms with Gasteiger partial charge in [-0.25, -0.2) is 0 Å². The fourth-order valence-electron chi connectivity index (χ4n) is 0.606. The Balaban J connectivity index is 0.000000810. The zero-order chi connectivity index (χ0) is 6.53. The Bertz CT molecular complexity index is 198. The number of oxime groups is 1. The van der Waals surface area contributed by atoms with Crippen molar-refractivity contribution in [3.05, 3.63) is 35.9 Å². The molecule has 0 fully saturated rings. The van der Waals surface area contributed by atoms with Gasteiger partial charge in [-0.2, -0.15) is 0 Å². The zero-order valence-corrected chi connectivity index (χ0v) is 4.86. The normalized spacial score (nSPS) is 9.20. The summed E-state index contributed by atoms with van der Waals surface area (Å²) in [6, 6.07) is 9.40. The second kappa shape index (κ2) is 5.47. The summed E-state index contributed by atoms with van der Waals surface area (Å²) in [4.78, 5) is 0. The summed E-state index contributed by atoms with van der Waals surface area (Å²) in [6.45, 7) is 0. The summed E-state index contributed by atoms with van der Waals surface area (Å²) in [5, 5.41) is 11.0. The summed E-state index contributed by atoms with van der Waals surface area (Å²) in [5.74, 6) is 0. The average Bonchev–Trinajstić information content (AvgIpc) is 1.91. The molecule has 0 amide bonds. The van der Waals surface area contributed by atoms with E-state index in [1.807, 2.05) is 30.3 Å². The van der Waals surface area contributed by atoms with Gasteiger partial charge in [0.1, 0.15) is 0 Å². The molecule has 0 saturated heterocycles. The van der Waals surface area contributed by atoms with Crippen molar-refractivity contribution in [3.63, 3.8) is 0 Å². The van der Waals surface area contributed by atoms with Crippen LogP contribution in [0.15, 0.2) is 35.5 Å². The third-order valence-electron chi connectivity index (χ3n) is 1.01. The Morgan fingerprint density at radius 2 is 1.80 bits per heavy atom. The van der Waals surface area contributed by atoms with Crippen LogP contribution < -0.4 is 0 Å². The monoisotopic (exact) mass is 145 g/mol. The molecule has 0 heterocycles. The van der Waals surface area contributed by atoms with Crippen LogP contribution in [0.1, 0.15) is 5.56 Å². The standard InChI is InChI=1S/C7H7NO.Na.H/c9-8-6-7-4-2-1-3-5-7;;/h1-6,9H;;/b8-6-;;. The minimum atomic E-state index is 0. The van der Waals surface area contributed by atoms with Crippen molar-refractivity contribution < 1.29 is 5.21 Å². The van der Waals surface area contributed by atoms with Gasteiger partial charge in [0.05, 0.1) is 6.21 Å². The molecule has 1 N–H and O–H groups in total. The fourth-order valence-corrected chi connectivity index (χ4v) is 0.606. The number of rotatable bonds is 1. The van der Waals surface area contributed by atoms with Gasteiger partial charge in [0.15, 0.2) is 0 Å². The molecule has 1 rings (SSSR count). The molecule has 0 aliphatic rings. The van der Waals surface area contributed by atoms with E-state index in [-0.39, 0.29) is 29.6 Å². The van der Waals surface area contributed by atoms with E-state index in [0.717, 1.165) is 5.56 Å². The zero-order valence-electron chi connectivity index (χ0n) is 4.86. The van der Waals surface area contributed by atoms with E-state index in [4.69, 9.17) is 5.21 Å². The Hall–Kier alpha value is -0.310. The summed E-state index contributed by atoms with van der Waals surface area (Å²) < 4.78 is 0. The molecule has 0 spiro atoms. The first-order valence-electron chi connectivity index (χ1n) is 2.66. The summed E-state index contributed by atoms with van der Waals surface area (Å²) in [6.07, 6.45) is 1.39. The van der Waals surface area contributed by atoms with Crippen molar-refractivity contribution in [1.82, 2.24) is 0 Å². The maximum atomic E-state index is 8.09. The van der Waals surface area contributed by atoms with Gasteiger partial charge in [-0.1, -0.05) is 35.5 Å². The second-order valence-corrected chi connectivity index (χ2v) is 1.66. The van der Waals surface area contributed by atoms with Gasteiger partial charge in [0.25, 0.3) is 0 Å². The third kappa shape index (κ3) is 3.01. The van der Waals surface area contributed by atoms with Crippen LogP contribution in [0.2, 0.25) is 0 Å². The first-order valence-corrected chi connectivity index (χ1v) is 2.66. The molecule has 48 valence electrons. The molecule has 0 aliphatic carbocycles. The van der Waals surface area contributed by atoms with E-state index < -0.39 is 0 Å². The molecule has 0 aromatic heterocycles. The van der Waals surface area contributed by atoms with E-state index in [1.54, 1.807) is 0 Å². The SMILES string of the molecule is O/N=C\c1ccccc1.[NaH]. The molecular weight excluding hydrogens is 137 g/mol. The van der Waals surface area contributed by atoms with Crippen molar-refractivity contribution in [1.29, 1.82) is 0 Å². The van der Waals surface area contributed by atoms with Crippen LogP contribution in [-0.4, -0.2) is 41.0 Å². The number of hydrogen-bond donors (Lipinski definition) is 1. The molecule has 0 bridgehead atoms. The Morgan fingerprint density at radius 1 is 1.20 bits per heavy atom. The second-order valence-electron chi connectivity index (χ2n) is 1.66.